The van der Waals surface area contributed by atoms with Crippen molar-refractivity contribution in [2.45, 2.75) is 26.7 Å². The summed E-state index contributed by atoms with van der Waals surface area (Å²) in [6, 6.07) is 7.76. The van der Waals surface area contributed by atoms with Gasteiger partial charge in [-0.25, -0.2) is 0 Å². The van der Waals surface area contributed by atoms with E-state index in [9.17, 15) is 0 Å². The molecule has 19 heavy (non-hydrogen) atoms. The minimum absolute atomic E-state index is 0.240. The van der Waals surface area contributed by atoms with Crippen LogP contribution in [0.15, 0.2) is 28.8 Å². The van der Waals surface area contributed by atoms with Crippen LogP contribution < -0.4 is 10.5 Å². The molecule has 0 aliphatic heterocycles. The minimum atomic E-state index is 0.240. The first kappa shape index (κ1) is 13.5. The second-order valence-corrected chi connectivity index (χ2v) is 5.04. The molecule has 0 saturated carbocycles. The number of nitrogen functional groups attached to an aromatic ring is 1. The van der Waals surface area contributed by atoms with Crippen LogP contribution >= 0.6 is 0 Å². The Hall–Kier alpha value is -1.97. The molecule has 0 bridgehead atoms. The van der Waals surface area contributed by atoms with Gasteiger partial charge in [0.05, 0.1) is 12.7 Å². The fourth-order valence-electron chi connectivity index (χ4n) is 2.05. The first-order valence-electron chi connectivity index (χ1n) is 6.44. The Labute approximate surface area is 113 Å². The van der Waals surface area contributed by atoms with Crippen molar-refractivity contribution in [2.75, 3.05) is 12.8 Å². The maximum Gasteiger partial charge on any atom is 0.175 e. The highest BCUT2D eigenvalue weighted by atomic mass is 16.5. The Kier molecular flexibility index (Phi) is 3.79. The highest BCUT2D eigenvalue weighted by Crippen LogP contribution is 2.40. The van der Waals surface area contributed by atoms with Gasteiger partial charge in [-0.3, -0.25) is 0 Å². The Morgan fingerprint density at radius 2 is 1.89 bits per heavy atom. The maximum absolute atomic E-state index is 5.97. The van der Waals surface area contributed by atoms with Crippen LogP contribution in [0.25, 0.3) is 11.1 Å². The predicted molar refractivity (Wildman–Crippen MR) is 76.2 cm³/mol. The summed E-state index contributed by atoms with van der Waals surface area (Å²) in [4.78, 5) is 0. The average molecular weight is 260 g/mol. The standard InChI is InChI=1S/C15H20N2O2/c1-9(2)10(3)14-13(15(16)17-19-14)11-7-5-6-8-12(11)18-4/h5-10H,1-4H3,(H2,16,17). The van der Waals surface area contributed by atoms with Crippen LogP contribution in [0.1, 0.15) is 32.4 Å². The van der Waals surface area contributed by atoms with Crippen molar-refractivity contribution in [3.05, 3.63) is 30.0 Å². The van der Waals surface area contributed by atoms with Gasteiger partial charge in [-0.1, -0.05) is 44.1 Å². The molecule has 0 saturated heterocycles. The van der Waals surface area contributed by atoms with Gasteiger partial charge in [0.25, 0.3) is 0 Å². The molecule has 2 N–H and O–H groups in total. The molecule has 1 unspecified atom stereocenters. The molecule has 2 aromatic rings. The Morgan fingerprint density at radius 1 is 1.21 bits per heavy atom. The Bertz CT molecular complexity index is 561. The number of hydrogen-bond acceptors (Lipinski definition) is 4. The molecule has 1 heterocycles. The molecular formula is C15H20N2O2. The number of para-hydroxylation sites is 1. The number of benzene rings is 1. The third-order valence-electron chi connectivity index (χ3n) is 3.53. The zero-order chi connectivity index (χ0) is 14.0. The number of methoxy groups -OCH3 is 1. The van der Waals surface area contributed by atoms with Gasteiger partial charge in [0.2, 0.25) is 0 Å². The highest BCUT2D eigenvalue weighted by molar-refractivity contribution is 5.80. The van der Waals surface area contributed by atoms with Gasteiger partial charge < -0.3 is 15.0 Å². The van der Waals surface area contributed by atoms with Gasteiger partial charge in [-0.05, 0) is 12.0 Å². The average Bonchev–Trinajstić information content (AvgIpc) is 2.79. The maximum atomic E-state index is 5.97. The number of nitrogens with zero attached hydrogens (tertiary/aromatic N) is 1. The topological polar surface area (TPSA) is 61.3 Å². The van der Waals surface area contributed by atoms with Crippen LogP contribution in [0, 0.1) is 5.92 Å². The molecule has 0 radical (unpaired) electrons. The second kappa shape index (κ2) is 5.34. The number of ether oxygens (including phenoxy) is 1. The van der Waals surface area contributed by atoms with Crippen LogP contribution in [0.5, 0.6) is 5.75 Å². The van der Waals surface area contributed by atoms with E-state index in [0.717, 1.165) is 22.6 Å². The van der Waals surface area contributed by atoms with Gasteiger partial charge in [0.1, 0.15) is 11.5 Å². The molecule has 1 aromatic heterocycles. The van der Waals surface area contributed by atoms with Crippen molar-refractivity contribution in [3.8, 4) is 16.9 Å². The zero-order valence-corrected chi connectivity index (χ0v) is 11.8. The third-order valence-corrected chi connectivity index (χ3v) is 3.53. The van der Waals surface area contributed by atoms with Gasteiger partial charge in [-0.15, -0.1) is 0 Å². The number of aromatic nitrogens is 1. The van der Waals surface area contributed by atoms with Crippen LogP contribution in [-0.2, 0) is 0 Å². The monoisotopic (exact) mass is 260 g/mol. The van der Waals surface area contributed by atoms with Gasteiger partial charge in [-0.2, -0.15) is 0 Å². The number of hydrogen-bond donors (Lipinski definition) is 1. The smallest absolute Gasteiger partial charge is 0.175 e. The summed E-state index contributed by atoms with van der Waals surface area (Å²) < 4.78 is 10.8. The number of nitrogens with two attached hydrogens (primary N) is 1. The van der Waals surface area contributed by atoms with E-state index in [4.69, 9.17) is 15.0 Å². The highest BCUT2D eigenvalue weighted by Gasteiger charge is 2.24. The number of anilines is 1. The molecule has 0 amide bonds. The molecule has 0 spiro atoms. The quantitative estimate of drug-likeness (QED) is 0.910. The lowest BCUT2D eigenvalue weighted by atomic mass is 9.90. The fraction of sp³-hybridized carbons (Fsp3) is 0.400. The first-order chi connectivity index (χ1) is 9.06. The van der Waals surface area contributed by atoms with E-state index in [1.165, 1.54) is 0 Å². The van der Waals surface area contributed by atoms with E-state index in [1.807, 2.05) is 24.3 Å². The lowest BCUT2D eigenvalue weighted by Crippen LogP contribution is -2.03. The summed E-state index contributed by atoms with van der Waals surface area (Å²) in [7, 11) is 1.65. The van der Waals surface area contributed by atoms with E-state index in [1.54, 1.807) is 7.11 Å². The van der Waals surface area contributed by atoms with Crippen LogP contribution in [0.2, 0.25) is 0 Å². The van der Waals surface area contributed by atoms with Gasteiger partial charge in [0.15, 0.2) is 5.82 Å². The molecule has 0 aliphatic rings. The van der Waals surface area contributed by atoms with Crippen molar-refractivity contribution < 1.29 is 9.26 Å². The van der Waals surface area contributed by atoms with Gasteiger partial charge >= 0.3 is 0 Å². The van der Waals surface area contributed by atoms with Crippen molar-refractivity contribution >= 4 is 5.82 Å². The van der Waals surface area contributed by atoms with E-state index in [2.05, 4.69) is 25.9 Å². The molecule has 102 valence electrons. The van der Waals surface area contributed by atoms with E-state index in [-0.39, 0.29) is 5.92 Å². The summed E-state index contributed by atoms with van der Waals surface area (Å²) in [5.74, 6) is 2.68. The molecule has 1 atom stereocenters. The molecule has 2 rings (SSSR count). The summed E-state index contributed by atoms with van der Waals surface area (Å²) in [6.45, 7) is 6.41. The molecule has 4 nitrogen and oxygen atoms in total. The minimum Gasteiger partial charge on any atom is -0.496 e. The van der Waals surface area contributed by atoms with Crippen LogP contribution in [0.3, 0.4) is 0 Å². The normalized spacial score (nSPS) is 12.7. The lowest BCUT2D eigenvalue weighted by Gasteiger charge is -2.15. The van der Waals surface area contributed by atoms with Gasteiger partial charge in [0, 0.05) is 11.5 Å². The zero-order valence-electron chi connectivity index (χ0n) is 11.8. The second-order valence-electron chi connectivity index (χ2n) is 5.04. The fourth-order valence-corrected chi connectivity index (χ4v) is 2.05. The van der Waals surface area contributed by atoms with E-state index >= 15 is 0 Å². The lowest BCUT2D eigenvalue weighted by molar-refractivity contribution is 0.341. The predicted octanol–water partition coefficient (Wildman–Crippen LogP) is 3.69. The largest absolute Gasteiger partial charge is 0.496 e. The molecule has 1 aromatic carbocycles. The Balaban J connectivity index is 2.59. The molecular weight excluding hydrogens is 240 g/mol. The van der Waals surface area contributed by atoms with Crippen molar-refractivity contribution in [1.82, 2.24) is 5.16 Å². The third kappa shape index (κ3) is 2.43. The molecule has 0 fully saturated rings. The van der Waals surface area contributed by atoms with Crippen LogP contribution in [-0.4, -0.2) is 12.3 Å². The summed E-state index contributed by atoms with van der Waals surface area (Å²) in [6.07, 6.45) is 0. The van der Waals surface area contributed by atoms with Crippen molar-refractivity contribution in [3.63, 3.8) is 0 Å². The summed E-state index contributed by atoms with van der Waals surface area (Å²) in [5.41, 5.74) is 7.74. The Morgan fingerprint density at radius 3 is 2.53 bits per heavy atom. The first-order valence-corrected chi connectivity index (χ1v) is 6.44. The van der Waals surface area contributed by atoms with E-state index < -0.39 is 0 Å². The number of rotatable bonds is 4. The summed E-state index contributed by atoms with van der Waals surface area (Å²) >= 11 is 0. The van der Waals surface area contributed by atoms with Crippen molar-refractivity contribution in [2.24, 2.45) is 5.92 Å². The van der Waals surface area contributed by atoms with Crippen molar-refractivity contribution in [1.29, 1.82) is 0 Å². The van der Waals surface area contributed by atoms with E-state index in [0.29, 0.717) is 11.7 Å². The molecule has 4 heteroatoms. The summed E-state index contributed by atoms with van der Waals surface area (Å²) in [5, 5.41) is 3.92. The van der Waals surface area contributed by atoms with Crippen LogP contribution in [0.4, 0.5) is 5.82 Å². The molecule has 0 aliphatic carbocycles. The SMILES string of the molecule is COc1ccccc1-c1c(N)noc1C(C)C(C)C.